The van der Waals surface area contributed by atoms with E-state index in [4.69, 9.17) is 0 Å². The number of nitro benzene ring substituents is 1. The van der Waals surface area contributed by atoms with E-state index in [0.717, 1.165) is 12.1 Å². The van der Waals surface area contributed by atoms with Gasteiger partial charge in [0.1, 0.15) is 0 Å². The molecule has 0 atom stereocenters. The molecule has 1 aromatic carbocycles. The van der Waals surface area contributed by atoms with E-state index >= 15 is 0 Å². The Morgan fingerprint density at radius 3 is 2.00 bits per heavy atom. The summed E-state index contributed by atoms with van der Waals surface area (Å²) < 4.78 is 24.9. The molecule has 0 radical (unpaired) electrons. The molecule has 0 saturated heterocycles. The van der Waals surface area contributed by atoms with Gasteiger partial charge in [-0.3, -0.25) is 10.1 Å². The fourth-order valence-electron chi connectivity index (χ4n) is 1.40. The van der Waals surface area contributed by atoms with Gasteiger partial charge in [-0.05, 0) is 25.0 Å². The second-order valence-electron chi connectivity index (χ2n) is 3.05. The largest absolute Gasteiger partial charge is 0.269 e. The molecule has 3 nitrogen and oxygen atoms in total. The monoisotopic (exact) mass is 201 g/mol. The average molecular weight is 201 g/mol. The van der Waals surface area contributed by atoms with Crippen molar-refractivity contribution in [3.8, 4) is 0 Å². The molecule has 0 fully saturated rings. The highest BCUT2D eigenvalue weighted by molar-refractivity contribution is 5.45. The highest BCUT2D eigenvalue weighted by Gasteiger charge is 2.17. The maximum Gasteiger partial charge on any atom is 0.269 e. The normalized spacial score (nSPS) is 10.6. The highest BCUT2D eigenvalue weighted by atomic mass is 19.3. The molecular weight excluding hydrogens is 192 g/mol. The minimum atomic E-state index is -2.59. The molecule has 0 unspecified atom stereocenters. The minimum absolute atomic E-state index is 0.115. The van der Waals surface area contributed by atoms with Crippen LogP contribution in [0.4, 0.5) is 14.5 Å². The molecule has 0 N–H and O–H groups in total. The molecule has 0 aromatic heterocycles. The van der Waals surface area contributed by atoms with Crippen LogP contribution in [0, 0.1) is 24.0 Å². The lowest BCUT2D eigenvalue weighted by molar-refractivity contribution is -0.385. The van der Waals surface area contributed by atoms with Gasteiger partial charge in [0.25, 0.3) is 12.1 Å². The number of non-ortho nitro benzene ring substituents is 1. The molecule has 0 aliphatic carbocycles. The highest BCUT2D eigenvalue weighted by Crippen LogP contribution is 2.29. The first kappa shape index (κ1) is 10.6. The lowest BCUT2D eigenvalue weighted by Gasteiger charge is -2.07. The van der Waals surface area contributed by atoms with Gasteiger partial charge >= 0.3 is 0 Å². The number of hydrogen-bond donors (Lipinski definition) is 0. The Hall–Kier alpha value is -1.52. The number of rotatable bonds is 2. The number of aryl methyl sites for hydroxylation is 2. The smallest absolute Gasteiger partial charge is 0.258 e. The zero-order valence-corrected chi connectivity index (χ0v) is 7.75. The third-order valence-corrected chi connectivity index (χ3v) is 2.01. The van der Waals surface area contributed by atoms with Gasteiger partial charge in [0.2, 0.25) is 0 Å². The summed E-state index contributed by atoms with van der Waals surface area (Å²) in [5.41, 5.74) is 0.249. The van der Waals surface area contributed by atoms with E-state index in [9.17, 15) is 18.9 Å². The number of nitrogens with zero attached hydrogens (tertiary/aromatic N) is 1. The van der Waals surface area contributed by atoms with Gasteiger partial charge in [0, 0.05) is 17.7 Å². The fourth-order valence-corrected chi connectivity index (χ4v) is 1.40. The van der Waals surface area contributed by atoms with Crippen LogP contribution in [0.15, 0.2) is 12.1 Å². The number of benzene rings is 1. The van der Waals surface area contributed by atoms with Gasteiger partial charge in [0.05, 0.1) is 4.92 Å². The van der Waals surface area contributed by atoms with E-state index in [1.54, 1.807) is 0 Å². The molecule has 14 heavy (non-hydrogen) atoms. The minimum Gasteiger partial charge on any atom is -0.258 e. The maximum absolute atomic E-state index is 12.5. The molecular formula is C9H9F2NO2. The molecule has 0 saturated carbocycles. The summed E-state index contributed by atoms with van der Waals surface area (Å²) in [6.07, 6.45) is -2.59. The van der Waals surface area contributed by atoms with E-state index in [1.807, 2.05) is 0 Å². The summed E-state index contributed by atoms with van der Waals surface area (Å²) >= 11 is 0. The topological polar surface area (TPSA) is 43.1 Å². The molecule has 76 valence electrons. The van der Waals surface area contributed by atoms with Crippen LogP contribution in [0.2, 0.25) is 0 Å². The quantitative estimate of drug-likeness (QED) is 0.544. The lowest BCUT2D eigenvalue weighted by atomic mass is 10.0. The first-order chi connectivity index (χ1) is 6.43. The van der Waals surface area contributed by atoms with Crippen LogP contribution in [0.1, 0.15) is 23.1 Å². The van der Waals surface area contributed by atoms with E-state index in [1.165, 1.54) is 13.8 Å². The summed E-state index contributed by atoms with van der Waals surface area (Å²) in [6.45, 7) is 2.89. The van der Waals surface area contributed by atoms with Crippen LogP contribution in [-0.2, 0) is 0 Å². The SMILES string of the molecule is Cc1cc([N+](=O)[O-])cc(C)c1C(F)F. The van der Waals surface area contributed by atoms with Crippen molar-refractivity contribution < 1.29 is 13.7 Å². The van der Waals surface area contributed by atoms with Crippen molar-refractivity contribution in [2.75, 3.05) is 0 Å². The van der Waals surface area contributed by atoms with E-state index in [0.29, 0.717) is 0 Å². The summed E-state index contributed by atoms with van der Waals surface area (Å²) in [7, 11) is 0. The van der Waals surface area contributed by atoms with Crippen LogP contribution in [0.5, 0.6) is 0 Å². The third-order valence-electron chi connectivity index (χ3n) is 2.01. The summed E-state index contributed by atoms with van der Waals surface area (Å²) in [5, 5.41) is 10.4. The van der Waals surface area contributed by atoms with Gasteiger partial charge in [-0.15, -0.1) is 0 Å². The van der Waals surface area contributed by atoms with E-state index in [-0.39, 0.29) is 22.4 Å². The van der Waals surface area contributed by atoms with Crippen molar-refractivity contribution in [2.45, 2.75) is 20.3 Å². The first-order valence-corrected chi connectivity index (χ1v) is 3.97. The van der Waals surface area contributed by atoms with Gasteiger partial charge in [-0.1, -0.05) is 0 Å². The lowest BCUT2D eigenvalue weighted by Crippen LogP contribution is -1.97. The molecule has 5 heteroatoms. The number of nitro groups is 1. The van der Waals surface area contributed by atoms with Crippen molar-refractivity contribution in [3.63, 3.8) is 0 Å². The fraction of sp³-hybridized carbons (Fsp3) is 0.333. The van der Waals surface area contributed by atoms with Crippen LogP contribution in [-0.4, -0.2) is 4.92 Å². The third kappa shape index (κ3) is 1.86. The predicted octanol–water partition coefficient (Wildman–Crippen LogP) is 3.15. The van der Waals surface area contributed by atoms with Crippen molar-refractivity contribution >= 4 is 5.69 Å². The molecule has 0 aliphatic heterocycles. The maximum atomic E-state index is 12.5. The molecule has 1 aromatic rings. The van der Waals surface area contributed by atoms with Crippen LogP contribution < -0.4 is 0 Å². The summed E-state index contributed by atoms with van der Waals surface area (Å²) in [5.74, 6) is 0. The Kier molecular flexibility index (Phi) is 2.78. The number of halogens is 2. The van der Waals surface area contributed by atoms with Gasteiger partial charge in [-0.2, -0.15) is 0 Å². The predicted molar refractivity (Wildman–Crippen MR) is 47.5 cm³/mol. The summed E-state index contributed by atoms with van der Waals surface area (Å²) in [4.78, 5) is 9.82. The Bertz CT molecular complexity index is 354. The molecule has 0 amide bonds. The van der Waals surface area contributed by atoms with Crippen molar-refractivity contribution in [1.82, 2.24) is 0 Å². The van der Waals surface area contributed by atoms with Crippen LogP contribution >= 0.6 is 0 Å². The zero-order valence-electron chi connectivity index (χ0n) is 7.75. The standard InChI is InChI=1S/C9H9F2NO2/c1-5-3-7(12(13)14)4-6(2)8(5)9(10)11/h3-4,9H,1-2H3. The van der Waals surface area contributed by atoms with Gasteiger partial charge in [-0.25, -0.2) is 8.78 Å². The van der Waals surface area contributed by atoms with Crippen molar-refractivity contribution in [1.29, 1.82) is 0 Å². The second-order valence-corrected chi connectivity index (χ2v) is 3.05. The number of hydrogen-bond acceptors (Lipinski definition) is 2. The molecule has 0 aliphatic rings. The van der Waals surface area contributed by atoms with Crippen LogP contribution in [0.3, 0.4) is 0 Å². The first-order valence-electron chi connectivity index (χ1n) is 3.97. The van der Waals surface area contributed by atoms with Gasteiger partial charge < -0.3 is 0 Å². The molecule has 0 spiro atoms. The molecule has 0 bridgehead atoms. The van der Waals surface area contributed by atoms with E-state index in [2.05, 4.69) is 0 Å². The Balaban J connectivity index is 3.32. The Morgan fingerprint density at radius 2 is 1.71 bits per heavy atom. The zero-order chi connectivity index (χ0) is 10.9. The van der Waals surface area contributed by atoms with E-state index < -0.39 is 11.3 Å². The van der Waals surface area contributed by atoms with Crippen molar-refractivity contribution in [3.05, 3.63) is 38.9 Å². The summed E-state index contributed by atoms with van der Waals surface area (Å²) in [6, 6.07) is 2.32. The molecule has 1 rings (SSSR count). The second kappa shape index (κ2) is 3.69. The Morgan fingerprint density at radius 1 is 1.29 bits per heavy atom. The van der Waals surface area contributed by atoms with Crippen LogP contribution in [0.25, 0.3) is 0 Å². The number of alkyl halides is 2. The van der Waals surface area contributed by atoms with Gasteiger partial charge in [0.15, 0.2) is 0 Å². The van der Waals surface area contributed by atoms with Crippen molar-refractivity contribution in [2.24, 2.45) is 0 Å². The Labute approximate surface area is 79.5 Å². The average Bonchev–Trinajstić information content (AvgIpc) is 2.01. The molecule has 0 heterocycles.